The predicted molar refractivity (Wildman–Crippen MR) is 91.2 cm³/mol. The molecule has 136 valence electrons. The van der Waals surface area contributed by atoms with Crippen LogP contribution in [0.5, 0.6) is 0 Å². The number of hydrogen-bond donors (Lipinski definition) is 2. The van der Waals surface area contributed by atoms with Gasteiger partial charge < -0.3 is 5.32 Å². The lowest BCUT2D eigenvalue weighted by Crippen LogP contribution is -2.43. The topological polar surface area (TPSA) is 102 Å². The van der Waals surface area contributed by atoms with Crippen LogP contribution in [0.15, 0.2) is 18.2 Å². The maximum atomic E-state index is 13.3. The van der Waals surface area contributed by atoms with E-state index in [2.05, 4.69) is 10.0 Å². The quantitative estimate of drug-likeness (QED) is 0.795. The minimum atomic E-state index is -3.73. The van der Waals surface area contributed by atoms with Gasteiger partial charge in [-0.25, -0.2) is 4.39 Å². The summed E-state index contributed by atoms with van der Waals surface area (Å²) in [6, 6.07) is 5.68. The van der Waals surface area contributed by atoms with Crippen molar-refractivity contribution in [2.45, 2.75) is 32.7 Å². The lowest BCUT2D eigenvalue weighted by Gasteiger charge is -2.19. The number of amides is 1. The van der Waals surface area contributed by atoms with Crippen LogP contribution < -0.4 is 10.0 Å². The van der Waals surface area contributed by atoms with Crippen molar-refractivity contribution in [1.29, 1.82) is 5.26 Å². The maximum absolute atomic E-state index is 13.3. The highest BCUT2D eigenvalue weighted by Gasteiger charge is 2.35. The minimum Gasteiger partial charge on any atom is -0.326 e. The largest absolute Gasteiger partial charge is 0.326 e. The van der Waals surface area contributed by atoms with Crippen molar-refractivity contribution in [1.82, 2.24) is 9.03 Å². The van der Waals surface area contributed by atoms with Crippen LogP contribution in [-0.4, -0.2) is 37.8 Å². The molecule has 0 spiro atoms. The number of carbonyl (C=O) groups excluding carboxylic acids is 1. The number of nitrogens with zero attached hydrogens (tertiary/aromatic N) is 2. The standard InChI is InChI=1S/C16H21FN4O3S/c1-11-9-14(3-4-15(11)17)19-16(22)13-6-8-21(10-13)25(23,24)20-12(2)5-7-18/h3-4,9,12-13,20H,5-6,8,10H2,1-2H3,(H,19,22)/t12?,13-/m0/s1. The van der Waals surface area contributed by atoms with Crippen LogP contribution in [0, 0.1) is 30.0 Å². The van der Waals surface area contributed by atoms with Gasteiger partial charge in [-0.05, 0) is 44.0 Å². The van der Waals surface area contributed by atoms with Gasteiger partial charge >= 0.3 is 0 Å². The third-order valence-electron chi connectivity index (χ3n) is 4.03. The molecule has 0 aromatic heterocycles. The molecule has 1 aliphatic heterocycles. The lowest BCUT2D eigenvalue weighted by atomic mass is 10.1. The predicted octanol–water partition coefficient (Wildman–Crippen LogP) is 1.53. The molecule has 1 saturated heterocycles. The molecule has 1 aliphatic rings. The third-order valence-corrected chi connectivity index (χ3v) is 5.75. The van der Waals surface area contributed by atoms with Crippen molar-refractivity contribution in [3.05, 3.63) is 29.6 Å². The van der Waals surface area contributed by atoms with E-state index < -0.39 is 22.2 Å². The Morgan fingerprint density at radius 1 is 1.52 bits per heavy atom. The molecule has 1 fully saturated rings. The molecule has 0 saturated carbocycles. The van der Waals surface area contributed by atoms with Crippen molar-refractivity contribution in [2.24, 2.45) is 5.92 Å². The average molecular weight is 368 g/mol. The van der Waals surface area contributed by atoms with Gasteiger partial charge in [-0.15, -0.1) is 0 Å². The second-order valence-corrected chi connectivity index (χ2v) is 7.89. The van der Waals surface area contributed by atoms with Crippen LogP contribution in [0.25, 0.3) is 0 Å². The number of carbonyl (C=O) groups is 1. The Morgan fingerprint density at radius 2 is 2.24 bits per heavy atom. The second-order valence-electron chi connectivity index (χ2n) is 6.18. The van der Waals surface area contributed by atoms with Crippen LogP contribution in [0.1, 0.15) is 25.3 Å². The van der Waals surface area contributed by atoms with Crippen LogP contribution in [0.4, 0.5) is 10.1 Å². The van der Waals surface area contributed by atoms with E-state index in [1.54, 1.807) is 13.8 Å². The van der Waals surface area contributed by atoms with E-state index in [1.807, 2.05) is 6.07 Å². The fourth-order valence-electron chi connectivity index (χ4n) is 2.63. The SMILES string of the molecule is Cc1cc(NC(=O)[C@H]2CCN(S(=O)(=O)NC(C)CC#N)C2)ccc1F. The maximum Gasteiger partial charge on any atom is 0.279 e. The third kappa shape index (κ3) is 4.98. The molecule has 2 N–H and O–H groups in total. The van der Waals surface area contributed by atoms with Gasteiger partial charge in [0, 0.05) is 24.8 Å². The normalized spacial score (nSPS) is 19.4. The number of rotatable bonds is 6. The van der Waals surface area contributed by atoms with Gasteiger partial charge in [-0.3, -0.25) is 4.79 Å². The van der Waals surface area contributed by atoms with E-state index in [0.29, 0.717) is 17.7 Å². The van der Waals surface area contributed by atoms with Gasteiger partial charge in [-0.1, -0.05) is 0 Å². The van der Waals surface area contributed by atoms with E-state index in [4.69, 9.17) is 5.26 Å². The number of aryl methyl sites for hydroxylation is 1. The number of nitriles is 1. The van der Waals surface area contributed by atoms with Gasteiger partial charge in [0.2, 0.25) is 5.91 Å². The van der Waals surface area contributed by atoms with Crippen molar-refractivity contribution >= 4 is 21.8 Å². The summed E-state index contributed by atoms with van der Waals surface area (Å²) in [5, 5.41) is 11.3. The molecular weight excluding hydrogens is 347 g/mol. The van der Waals surface area contributed by atoms with E-state index in [9.17, 15) is 17.6 Å². The lowest BCUT2D eigenvalue weighted by molar-refractivity contribution is -0.119. The highest BCUT2D eigenvalue weighted by molar-refractivity contribution is 7.87. The summed E-state index contributed by atoms with van der Waals surface area (Å²) in [7, 11) is -3.73. The molecule has 2 rings (SSSR count). The Morgan fingerprint density at radius 3 is 2.88 bits per heavy atom. The first kappa shape index (κ1) is 19.3. The molecule has 9 heteroatoms. The molecule has 2 atom stereocenters. The van der Waals surface area contributed by atoms with Gasteiger partial charge in [-0.2, -0.15) is 22.7 Å². The Balaban J connectivity index is 1.96. The Kier molecular flexibility index (Phi) is 6.11. The van der Waals surface area contributed by atoms with E-state index in [-0.39, 0.29) is 31.2 Å². The summed E-state index contributed by atoms with van der Waals surface area (Å²) >= 11 is 0. The zero-order valence-electron chi connectivity index (χ0n) is 14.1. The number of anilines is 1. The molecule has 0 radical (unpaired) electrons. The van der Waals surface area contributed by atoms with Gasteiger partial charge in [0.1, 0.15) is 5.82 Å². The van der Waals surface area contributed by atoms with Gasteiger partial charge in [0.15, 0.2) is 0 Å². The first-order valence-corrected chi connectivity index (χ1v) is 9.38. The van der Waals surface area contributed by atoms with Gasteiger partial charge in [0.05, 0.1) is 18.4 Å². The van der Waals surface area contributed by atoms with Crippen molar-refractivity contribution in [3.8, 4) is 6.07 Å². The van der Waals surface area contributed by atoms with Crippen LogP contribution >= 0.6 is 0 Å². The van der Waals surface area contributed by atoms with Gasteiger partial charge in [0.25, 0.3) is 10.2 Å². The van der Waals surface area contributed by atoms with E-state index in [0.717, 1.165) is 0 Å². The molecule has 1 amide bonds. The Hall–Kier alpha value is -2.02. The summed E-state index contributed by atoms with van der Waals surface area (Å²) < 4.78 is 41.4. The molecule has 25 heavy (non-hydrogen) atoms. The summed E-state index contributed by atoms with van der Waals surface area (Å²) in [6.07, 6.45) is 0.473. The van der Waals surface area contributed by atoms with Crippen LogP contribution in [0.2, 0.25) is 0 Å². The first-order valence-electron chi connectivity index (χ1n) is 7.94. The fraction of sp³-hybridized carbons (Fsp3) is 0.500. The average Bonchev–Trinajstić information content (AvgIpc) is 3.01. The summed E-state index contributed by atoms with van der Waals surface area (Å²) in [4.78, 5) is 12.3. The molecule has 1 aromatic carbocycles. The number of nitrogens with one attached hydrogen (secondary N) is 2. The second kappa shape index (κ2) is 7.91. The van der Waals surface area contributed by atoms with Crippen molar-refractivity contribution < 1.29 is 17.6 Å². The first-order chi connectivity index (χ1) is 11.7. The van der Waals surface area contributed by atoms with Crippen LogP contribution in [0.3, 0.4) is 0 Å². The monoisotopic (exact) mass is 368 g/mol. The smallest absolute Gasteiger partial charge is 0.279 e. The summed E-state index contributed by atoms with van der Waals surface area (Å²) in [5.74, 6) is -1.13. The number of benzene rings is 1. The zero-order chi connectivity index (χ0) is 18.6. The molecular formula is C16H21FN4O3S. The summed E-state index contributed by atoms with van der Waals surface area (Å²) in [5.41, 5.74) is 0.898. The van der Waals surface area contributed by atoms with Crippen LogP contribution in [-0.2, 0) is 15.0 Å². The molecule has 1 aromatic rings. The van der Waals surface area contributed by atoms with Crippen molar-refractivity contribution in [3.63, 3.8) is 0 Å². The number of hydrogen-bond acceptors (Lipinski definition) is 4. The number of halogens is 1. The fourth-order valence-corrected chi connectivity index (χ4v) is 4.10. The Labute approximate surface area is 147 Å². The summed E-state index contributed by atoms with van der Waals surface area (Å²) in [6.45, 7) is 3.51. The molecule has 0 aliphatic carbocycles. The zero-order valence-corrected chi connectivity index (χ0v) is 14.9. The van der Waals surface area contributed by atoms with E-state index >= 15 is 0 Å². The van der Waals surface area contributed by atoms with E-state index in [1.165, 1.54) is 22.5 Å². The highest BCUT2D eigenvalue weighted by atomic mass is 32.2. The molecule has 1 heterocycles. The van der Waals surface area contributed by atoms with Crippen molar-refractivity contribution in [2.75, 3.05) is 18.4 Å². The minimum absolute atomic E-state index is 0.0701. The molecule has 0 bridgehead atoms. The Bertz CT molecular complexity index is 791. The molecule has 7 nitrogen and oxygen atoms in total. The molecule has 1 unspecified atom stereocenters. The highest BCUT2D eigenvalue weighted by Crippen LogP contribution is 2.22.